The van der Waals surface area contributed by atoms with Gasteiger partial charge in [0, 0.05) is 6.04 Å². The van der Waals surface area contributed by atoms with Gasteiger partial charge in [0.25, 0.3) is 0 Å². The first kappa shape index (κ1) is 15.1. The molecule has 0 saturated heterocycles. The molecule has 0 amide bonds. The molecule has 1 N–H and O–H groups in total. The monoisotopic (exact) mass is 264 g/mol. The van der Waals surface area contributed by atoms with Gasteiger partial charge >= 0.3 is 0 Å². The maximum Gasteiger partial charge on any atom is 0.00922 e. The highest BCUT2D eigenvalue weighted by Gasteiger charge is 2.17. The fourth-order valence-corrected chi connectivity index (χ4v) is 3.51. The SMILES string of the molecule is CN(CCCNCC1CC=CCC1)C1CCCCC1. The zero-order valence-corrected chi connectivity index (χ0v) is 12.7. The Hall–Kier alpha value is -0.340. The molecule has 1 saturated carbocycles. The minimum Gasteiger partial charge on any atom is -0.316 e. The van der Waals surface area contributed by atoms with E-state index in [0.717, 1.165) is 12.0 Å². The molecule has 19 heavy (non-hydrogen) atoms. The Morgan fingerprint density at radius 3 is 2.68 bits per heavy atom. The van der Waals surface area contributed by atoms with E-state index in [2.05, 4.69) is 29.4 Å². The van der Waals surface area contributed by atoms with Crippen molar-refractivity contribution >= 4 is 0 Å². The van der Waals surface area contributed by atoms with E-state index in [1.165, 1.54) is 77.4 Å². The first-order valence-electron chi connectivity index (χ1n) is 8.42. The Morgan fingerprint density at radius 1 is 1.11 bits per heavy atom. The first-order valence-corrected chi connectivity index (χ1v) is 8.42. The van der Waals surface area contributed by atoms with Crippen molar-refractivity contribution in [1.82, 2.24) is 10.2 Å². The summed E-state index contributed by atoms with van der Waals surface area (Å²) in [6, 6.07) is 0.872. The van der Waals surface area contributed by atoms with Crippen molar-refractivity contribution in [3.05, 3.63) is 12.2 Å². The molecule has 2 heteroatoms. The quantitative estimate of drug-likeness (QED) is 0.558. The summed E-state index contributed by atoms with van der Waals surface area (Å²) in [5.74, 6) is 0.890. The standard InChI is InChI=1S/C17H32N2/c1-19(17-11-6-3-7-12-17)14-8-13-18-15-16-9-4-2-5-10-16/h2,4,16-18H,3,5-15H2,1H3. The molecule has 2 nitrogen and oxygen atoms in total. The molecule has 0 aromatic carbocycles. The van der Waals surface area contributed by atoms with Gasteiger partial charge < -0.3 is 10.2 Å². The highest BCUT2D eigenvalue weighted by atomic mass is 15.1. The highest BCUT2D eigenvalue weighted by Crippen LogP contribution is 2.21. The lowest BCUT2D eigenvalue weighted by molar-refractivity contribution is 0.189. The van der Waals surface area contributed by atoms with Crippen LogP contribution < -0.4 is 5.32 Å². The Morgan fingerprint density at radius 2 is 1.95 bits per heavy atom. The lowest BCUT2D eigenvalue weighted by atomic mass is 9.94. The number of nitrogens with zero attached hydrogens (tertiary/aromatic N) is 1. The van der Waals surface area contributed by atoms with Crippen molar-refractivity contribution < 1.29 is 0 Å². The highest BCUT2D eigenvalue weighted by molar-refractivity contribution is 4.90. The van der Waals surface area contributed by atoms with Crippen molar-refractivity contribution in [2.75, 3.05) is 26.7 Å². The summed E-state index contributed by atoms with van der Waals surface area (Å²) in [5, 5.41) is 3.65. The van der Waals surface area contributed by atoms with Crippen molar-refractivity contribution in [2.45, 2.75) is 63.8 Å². The summed E-state index contributed by atoms with van der Waals surface area (Å²) in [5.41, 5.74) is 0. The minimum atomic E-state index is 0.872. The van der Waals surface area contributed by atoms with Crippen LogP contribution in [0.15, 0.2) is 12.2 Å². The van der Waals surface area contributed by atoms with E-state index in [0.29, 0.717) is 0 Å². The van der Waals surface area contributed by atoms with Crippen LogP contribution >= 0.6 is 0 Å². The molecule has 2 aliphatic carbocycles. The zero-order chi connectivity index (χ0) is 13.3. The average molecular weight is 264 g/mol. The summed E-state index contributed by atoms with van der Waals surface area (Å²) in [6.45, 7) is 3.68. The summed E-state index contributed by atoms with van der Waals surface area (Å²) >= 11 is 0. The van der Waals surface area contributed by atoms with Gasteiger partial charge in [-0.15, -0.1) is 0 Å². The molecule has 0 bridgehead atoms. The number of nitrogens with one attached hydrogen (secondary N) is 1. The second kappa shape index (κ2) is 8.76. The summed E-state index contributed by atoms with van der Waals surface area (Å²) in [4.78, 5) is 2.60. The van der Waals surface area contributed by atoms with Crippen molar-refractivity contribution in [3.8, 4) is 0 Å². The van der Waals surface area contributed by atoms with Crippen LogP contribution in [0.2, 0.25) is 0 Å². The number of allylic oxidation sites excluding steroid dienone is 2. The average Bonchev–Trinajstić information content (AvgIpc) is 2.49. The fraction of sp³-hybridized carbons (Fsp3) is 0.882. The third-order valence-corrected chi connectivity index (χ3v) is 4.87. The Kier molecular flexibility index (Phi) is 6.94. The smallest absolute Gasteiger partial charge is 0.00922 e. The van der Waals surface area contributed by atoms with Gasteiger partial charge in [0.05, 0.1) is 0 Å². The van der Waals surface area contributed by atoms with Crippen LogP contribution in [0.4, 0.5) is 0 Å². The molecule has 110 valence electrons. The van der Waals surface area contributed by atoms with Crippen LogP contribution in [0.1, 0.15) is 57.8 Å². The Labute approximate surface area is 119 Å². The third kappa shape index (κ3) is 5.66. The number of hydrogen-bond donors (Lipinski definition) is 1. The minimum absolute atomic E-state index is 0.872. The molecule has 2 aliphatic rings. The predicted octanol–water partition coefficient (Wildman–Crippen LogP) is 3.59. The predicted molar refractivity (Wildman–Crippen MR) is 83.5 cm³/mol. The van der Waals surface area contributed by atoms with Crippen LogP contribution in [0.25, 0.3) is 0 Å². The van der Waals surface area contributed by atoms with Crippen LogP contribution in [-0.4, -0.2) is 37.6 Å². The fourth-order valence-electron chi connectivity index (χ4n) is 3.51. The molecule has 1 fully saturated rings. The number of hydrogen-bond acceptors (Lipinski definition) is 2. The van der Waals surface area contributed by atoms with E-state index in [4.69, 9.17) is 0 Å². The summed E-state index contributed by atoms with van der Waals surface area (Å²) < 4.78 is 0. The van der Waals surface area contributed by atoms with Crippen molar-refractivity contribution in [2.24, 2.45) is 5.92 Å². The van der Waals surface area contributed by atoms with Gasteiger partial charge in [-0.3, -0.25) is 0 Å². The maximum absolute atomic E-state index is 3.65. The molecule has 0 aromatic rings. The summed E-state index contributed by atoms with van der Waals surface area (Å²) in [6.07, 6.45) is 17.2. The molecule has 1 atom stereocenters. The van der Waals surface area contributed by atoms with Gasteiger partial charge in [-0.2, -0.15) is 0 Å². The van der Waals surface area contributed by atoms with Crippen LogP contribution in [0, 0.1) is 5.92 Å². The van der Waals surface area contributed by atoms with Crippen molar-refractivity contribution in [1.29, 1.82) is 0 Å². The van der Waals surface area contributed by atoms with Crippen LogP contribution in [-0.2, 0) is 0 Å². The third-order valence-electron chi connectivity index (χ3n) is 4.87. The largest absolute Gasteiger partial charge is 0.316 e. The van der Waals surface area contributed by atoms with Gasteiger partial charge in [0.15, 0.2) is 0 Å². The van der Waals surface area contributed by atoms with Gasteiger partial charge in [-0.1, -0.05) is 31.4 Å². The second-order valence-electron chi connectivity index (χ2n) is 6.48. The molecule has 0 heterocycles. The Balaban J connectivity index is 1.47. The van der Waals surface area contributed by atoms with E-state index in [1.807, 2.05) is 0 Å². The molecule has 0 radical (unpaired) electrons. The topological polar surface area (TPSA) is 15.3 Å². The van der Waals surface area contributed by atoms with Gasteiger partial charge in [0.2, 0.25) is 0 Å². The van der Waals surface area contributed by atoms with Gasteiger partial charge in [0.1, 0.15) is 0 Å². The van der Waals surface area contributed by atoms with Gasteiger partial charge in [-0.05, 0) is 71.1 Å². The second-order valence-corrected chi connectivity index (χ2v) is 6.48. The van der Waals surface area contributed by atoms with Crippen LogP contribution in [0.3, 0.4) is 0 Å². The van der Waals surface area contributed by atoms with E-state index in [-0.39, 0.29) is 0 Å². The Bertz CT molecular complexity index is 256. The molecular weight excluding hydrogens is 232 g/mol. The maximum atomic E-state index is 3.65. The number of rotatable bonds is 7. The van der Waals surface area contributed by atoms with E-state index in [1.54, 1.807) is 0 Å². The van der Waals surface area contributed by atoms with Crippen LogP contribution in [0.5, 0.6) is 0 Å². The lowest BCUT2D eigenvalue weighted by Crippen LogP contribution is -2.35. The molecule has 0 aliphatic heterocycles. The molecular formula is C17H32N2. The summed E-state index contributed by atoms with van der Waals surface area (Å²) in [7, 11) is 2.32. The molecule has 0 spiro atoms. The molecule has 2 rings (SSSR count). The van der Waals surface area contributed by atoms with Gasteiger partial charge in [-0.25, -0.2) is 0 Å². The van der Waals surface area contributed by atoms with E-state index in [9.17, 15) is 0 Å². The normalized spacial score (nSPS) is 25.1. The lowest BCUT2D eigenvalue weighted by Gasteiger charge is -2.31. The first-order chi connectivity index (χ1) is 9.36. The molecule has 0 aromatic heterocycles. The molecule has 1 unspecified atom stereocenters. The van der Waals surface area contributed by atoms with Crippen molar-refractivity contribution in [3.63, 3.8) is 0 Å². The van der Waals surface area contributed by atoms with E-state index >= 15 is 0 Å². The van der Waals surface area contributed by atoms with E-state index < -0.39 is 0 Å². The zero-order valence-electron chi connectivity index (χ0n) is 12.7.